The predicted octanol–water partition coefficient (Wildman–Crippen LogP) is 3.80. The van der Waals surface area contributed by atoms with Gasteiger partial charge in [-0.15, -0.1) is 0 Å². The molecule has 3 nitrogen and oxygen atoms in total. The molecule has 1 aromatic carbocycles. The zero-order chi connectivity index (χ0) is 12.7. The number of aryl methyl sites for hydroxylation is 2. The summed E-state index contributed by atoms with van der Waals surface area (Å²) in [6, 6.07) is 10.2. The van der Waals surface area contributed by atoms with Crippen LogP contribution >= 0.6 is 15.9 Å². The fourth-order valence-electron chi connectivity index (χ4n) is 2.26. The quantitative estimate of drug-likeness (QED) is 0.684. The monoisotopic (exact) mass is 301 g/mol. The number of fused-ring (bicyclic) bond motifs is 1. The lowest BCUT2D eigenvalue weighted by Crippen LogP contribution is -2.00. The normalized spacial score (nSPS) is 11.1. The van der Waals surface area contributed by atoms with Gasteiger partial charge in [-0.3, -0.25) is 4.57 Å². The van der Waals surface area contributed by atoms with Crippen LogP contribution < -0.4 is 0 Å². The summed E-state index contributed by atoms with van der Waals surface area (Å²) in [5.41, 5.74) is 5.38. The van der Waals surface area contributed by atoms with E-state index in [4.69, 9.17) is 0 Å². The van der Waals surface area contributed by atoms with Gasteiger partial charge in [0.25, 0.3) is 0 Å². The number of hydrogen-bond acceptors (Lipinski definition) is 2. The second-order valence-corrected chi connectivity index (χ2v) is 5.01. The van der Waals surface area contributed by atoms with Crippen LogP contribution in [-0.4, -0.2) is 14.5 Å². The van der Waals surface area contributed by atoms with Crippen molar-refractivity contribution in [1.29, 1.82) is 0 Å². The Morgan fingerprint density at radius 2 is 1.78 bits per heavy atom. The summed E-state index contributed by atoms with van der Waals surface area (Å²) in [6.07, 6.45) is 1.76. The smallest absolute Gasteiger partial charge is 0.184 e. The van der Waals surface area contributed by atoms with Gasteiger partial charge < -0.3 is 0 Å². The largest absolute Gasteiger partial charge is 0.285 e. The molecule has 0 radical (unpaired) electrons. The summed E-state index contributed by atoms with van der Waals surface area (Å²) >= 11 is 3.53. The number of aromatic nitrogens is 3. The number of halogens is 1. The van der Waals surface area contributed by atoms with E-state index in [1.807, 2.05) is 12.1 Å². The molecule has 0 spiro atoms. The lowest BCUT2D eigenvalue weighted by atomic mass is 10.1. The first-order valence-electron chi connectivity index (χ1n) is 5.74. The van der Waals surface area contributed by atoms with Crippen molar-refractivity contribution < 1.29 is 0 Å². The van der Waals surface area contributed by atoms with Crippen LogP contribution in [-0.2, 0) is 0 Å². The molecule has 0 fully saturated rings. The molecule has 0 bridgehead atoms. The number of rotatable bonds is 1. The van der Waals surface area contributed by atoms with Crippen LogP contribution in [0.15, 0.2) is 41.3 Å². The minimum absolute atomic E-state index is 0.757. The summed E-state index contributed by atoms with van der Waals surface area (Å²) in [6.45, 7) is 4.22. The number of hydrogen-bond donors (Lipinski definition) is 0. The Kier molecular flexibility index (Phi) is 2.67. The minimum Gasteiger partial charge on any atom is -0.285 e. The number of benzene rings is 1. The van der Waals surface area contributed by atoms with Crippen LogP contribution in [0.5, 0.6) is 0 Å². The summed E-state index contributed by atoms with van der Waals surface area (Å²) in [7, 11) is 0. The average Bonchev–Trinajstić information content (AvgIpc) is 2.66. The first-order valence-corrected chi connectivity index (χ1v) is 6.53. The van der Waals surface area contributed by atoms with Gasteiger partial charge in [-0.2, -0.15) is 0 Å². The molecule has 2 heterocycles. The summed E-state index contributed by atoms with van der Waals surface area (Å²) in [4.78, 5) is 8.73. The van der Waals surface area contributed by atoms with Crippen molar-refractivity contribution in [3.8, 4) is 5.69 Å². The number of pyridine rings is 1. The highest BCUT2D eigenvalue weighted by Gasteiger charge is 2.13. The van der Waals surface area contributed by atoms with E-state index in [2.05, 4.69) is 62.5 Å². The Bertz CT molecular complexity index is 711. The third kappa shape index (κ3) is 1.64. The van der Waals surface area contributed by atoms with E-state index in [1.54, 1.807) is 6.20 Å². The number of nitrogens with zero attached hydrogens (tertiary/aromatic N) is 3. The van der Waals surface area contributed by atoms with Crippen LogP contribution in [0.1, 0.15) is 11.1 Å². The molecule has 0 saturated carbocycles. The Morgan fingerprint density at radius 3 is 2.50 bits per heavy atom. The fourth-order valence-corrected chi connectivity index (χ4v) is 2.79. The van der Waals surface area contributed by atoms with Gasteiger partial charge in [-0.1, -0.05) is 18.2 Å². The van der Waals surface area contributed by atoms with E-state index in [1.165, 1.54) is 16.8 Å². The highest BCUT2D eigenvalue weighted by Crippen LogP contribution is 2.27. The van der Waals surface area contributed by atoms with Gasteiger partial charge in [0, 0.05) is 6.20 Å². The predicted molar refractivity (Wildman–Crippen MR) is 76.0 cm³/mol. The van der Waals surface area contributed by atoms with Crippen LogP contribution in [0.2, 0.25) is 0 Å². The van der Waals surface area contributed by atoms with Crippen molar-refractivity contribution in [1.82, 2.24) is 14.5 Å². The van der Waals surface area contributed by atoms with E-state index in [-0.39, 0.29) is 0 Å². The molecule has 90 valence electrons. The Hall–Kier alpha value is -1.68. The summed E-state index contributed by atoms with van der Waals surface area (Å²) in [5.74, 6) is 0. The molecular formula is C14H12BrN3. The molecule has 0 atom stereocenters. The van der Waals surface area contributed by atoms with Gasteiger partial charge in [-0.05, 0) is 53.0 Å². The minimum atomic E-state index is 0.757. The van der Waals surface area contributed by atoms with Crippen LogP contribution in [0.4, 0.5) is 0 Å². The van der Waals surface area contributed by atoms with Gasteiger partial charge in [0.1, 0.15) is 0 Å². The molecule has 0 aliphatic carbocycles. The molecule has 18 heavy (non-hydrogen) atoms. The van der Waals surface area contributed by atoms with Gasteiger partial charge in [0.2, 0.25) is 0 Å². The van der Waals surface area contributed by atoms with E-state index < -0.39 is 0 Å². The van der Waals surface area contributed by atoms with Crippen molar-refractivity contribution in [3.05, 3.63) is 52.4 Å². The van der Waals surface area contributed by atoms with E-state index in [0.717, 1.165) is 15.9 Å². The SMILES string of the molecule is Cc1cccc(C)c1-n1c(Br)nc2ncccc21. The first kappa shape index (κ1) is 11.4. The van der Waals surface area contributed by atoms with Crippen molar-refractivity contribution in [2.75, 3.05) is 0 Å². The van der Waals surface area contributed by atoms with Gasteiger partial charge in [-0.25, -0.2) is 9.97 Å². The van der Waals surface area contributed by atoms with Crippen LogP contribution in [0.3, 0.4) is 0 Å². The Balaban J connectivity index is 2.42. The van der Waals surface area contributed by atoms with Crippen LogP contribution in [0, 0.1) is 13.8 Å². The lowest BCUT2D eigenvalue weighted by Gasteiger charge is -2.12. The third-order valence-corrected chi connectivity index (χ3v) is 3.58. The number of imidazole rings is 1. The molecule has 0 aliphatic rings. The van der Waals surface area contributed by atoms with E-state index >= 15 is 0 Å². The molecule has 4 heteroatoms. The standard InChI is InChI=1S/C14H12BrN3/c1-9-5-3-6-10(2)12(9)18-11-7-4-8-16-13(11)17-14(18)15/h3-8H,1-2H3. The highest BCUT2D eigenvalue weighted by atomic mass is 79.9. The Morgan fingerprint density at radius 1 is 1.06 bits per heavy atom. The Labute approximate surface area is 114 Å². The average molecular weight is 302 g/mol. The molecule has 3 aromatic rings. The zero-order valence-electron chi connectivity index (χ0n) is 10.2. The topological polar surface area (TPSA) is 30.7 Å². The summed E-state index contributed by atoms with van der Waals surface area (Å²) in [5, 5.41) is 0. The van der Waals surface area contributed by atoms with Crippen molar-refractivity contribution in [2.45, 2.75) is 13.8 Å². The fraction of sp³-hybridized carbons (Fsp3) is 0.143. The molecular weight excluding hydrogens is 290 g/mol. The third-order valence-electron chi connectivity index (χ3n) is 3.05. The maximum absolute atomic E-state index is 4.44. The van der Waals surface area contributed by atoms with Crippen molar-refractivity contribution in [2.24, 2.45) is 0 Å². The second-order valence-electron chi connectivity index (χ2n) is 4.30. The van der Waals surface area contributed by atoms with Crippen molar-refractivity contribution in [3.63, 3.8) is 0 Å². The first-order chi connectivity index (χ1) is 8.68. The molecule has 0 saturated heterocycles. The highest BCUT2D eigenvalue weighted by molar-refractivity contribution is 9.10. The van der Waals surface area contributed by atoms with E-state index in [0.29, 0.717) is 0 Å². The van der Waals surface area contributed by atoms with E-state index in [9.17, 15) is 0 Å². The van der Waals surface area contributed by atoms with Gasteiger partial charge >= 0.3 is 0 Å². The molecule has 0 aliphatic heterocycles. The van der Waals surface area contributed by atoms with Gasteiger partial charge in [0.05, 0.1) is 11.2 Å². The molecule has 0 amide bonds. The van der Waals surface area contributed by atoms with Crippen LogP contribution in [0.25, 0.3) is 16.9 Å². The molecule has 0 unspecified atom stereocenters. The lowest BCUT2D eigenvalue weighted by molar-refractivity contribution is 1.01. The van der Waals surface area contributed by atoms with Crippen molar-refractivity contribution >= 4 is 27.1 Å². The number of para-hydroxylation sites is 1. The van der Waals surface area contributed by atoms with Gasteiger partial charge in [0.15, 0.2) is 10.4 Å². The maximum atomic E-state index is 4.44. The molecule has 0 N–H and O–H groups in total. The maximum Gasteiger partial charge on any atom is 0.184 e. The summed E-state index contributed by atoms with van der Waals surface area (Å²) < 4.78 is 2.89. The molecule has 2 aromatic heterocycles. The second kappa shape index (κ2) is 4.21. The molecule has 3 rings (SSSR count). The zero-order valence-corrected chi connectivity index (χ0v) is 11.8.